The minimum Gasteiger partial charge on any atom is -0.255 e. The van der Waals surface area contributed by atoms with Crippen molar-refractivity contribution >= 4 is 10.1 Å². The smallest absolute Gasteiger partial charge is 0.255 e. The van der Waals surface area contributed by atoms with Crippen LogP contribution in [-0.4, -0.2) is 14.0 Å². The van der Waals surface area contributed by atoms with Gasteiger partial charge in [0.05, 0.1) is 4.90 Å². The molecule has 33 heavy (non-hydrogen) atoms. The van der Waals surface area contributed by atoms with Crippen molar-refractivity contribution in [3.8, 4) is 0 Å². The average molecular weight is 475 g/mol. The van der Waals surface area contributed by atoms with E-state index in [0.717, 1.165) is 36.2 Å². The van der Waals surface area contributed by atoms with E-state index in [2.05, 4.69) is 6.92 Å². The van der Waals surface area contributed by atoms with Crippen molar-refractivity contribution in [2.75, 3.05) is 0 Å². The molecule has 5 heteroatoms. The summed E-state index contributed by atoms with van der Waals surface area (Å²) in [6.07, 6.45) is 14.4. The van der Waals surface area contributed by atoms with Crippen LogP contribution < -0.4 is 0 Å². The first-order valence-electron chi connectivity index (χ1n) is 13.1. The van der Waals surface area contributed by atoms with Crippen molar-refractivity contribution in [3.05, 3.63) is 41.7 Å². The van der Waals surface area contributed by atoms with E-state index in [1.165, 1.54) is 38.5 Å². The van der Waals surface area contributed by atoms with Crippen molar-refractivity contribution < 1.29 is 17.0 Å². The fraction of sp³-hybridized carbons (Fsp3) is 0.714. The van der Waals surface area contributed by atoms with Crippen molar-refractivity contribution in [2.24, 2.45) is 29.1 Å². The zero-order valence-electron chi connectivity index (χ0n) is 20.2. The highest BCUT2D eigenvalue weighted by molar-refractivity contribution is 7.86. The van der Waals surface area contributed by atoms with E-state index < -0.39 is 15.7 Å². The summed E-state index contributed by atoms with van der Waals surface area (Å²) < 4.78 is 47.2. The Morgan fingerprint density at radius 2 is 1.39 bits per heavy atom. The van der Waals surface area contributed by atoms with Gasteiger partial charge in [0, 0.05) is 5.41 Å². The number of halogens is 1. The first-order valence-corrected chi connectivity index (χ1v) is 14.5. The maximum Gasteiger partial charge on any atom is 0.297 e. The second kappa shape index (κ2) is 8.78. The summed E-state index contributed by atoms with van der Waals surface area (Å²) in [5, 5.41) is 0. The third kappa shape index (κ3) is 4.45. The Kier molecular flexibility index (Phi) is 6.27. The van der Waals surface area contributed by atoms with E-state index in [-0.39, 0.29) is 16.1 Å². The second-order valence-electron chi connectivity index (χ2n) is 11.7. The number of fused-ring (bicyclic) bond motifs is 2. The van der Waals surface area contributed by atoms with Crippen LogP contribution in [0.25, 0.3) is 0 Å². The van der Waals surface area contributed by atoms with Crippen LogP contribution >= 0.6 is 0 Å². The molecule has 5 aliphatic carbocycles. The molecule has 182 valence electrons. The quantitative estimate of drug-likeness (QED) is 0.415. The normalized spacial score (nSPS) is 39.3. The predicted octanol–water partition coefficient (Wildman–Crippen LogP) is 7.50. The molecule has 0 spiro atoms. The minimum absolute atomic E-state index is 0.103. The van der Waals surface area contributed by atoms with Crippen LogP contribution in [0, 0.1) is 36.0 Å². The molecular formula is C28H39FO3S. The molecule has 0 N–H and O–H groups in total. The van der Waals surface area contributed by atoms with E-state index in [1.54, 1.807) is 30.3 Å². The van der Waals surface area contributed by atoms with E-state index in [1.807, 2.05) is 6.92 Å². The van der Waals surface area contributed by atoms with Gasteiger partial charge < -0.3 is 0 Å². The van der Waals surface area contributed by atoms with Crippen LogP contribution in [0.15, 0.2) is 41.1 Å². The topological polar surface area (TPSA) is 43.4 Å². The van der Waals surface area contributed by atoms with Crippen LogP contribution in [0.5, 0.6) is 0 Å². The lowest BCUT2D eigenvalue weighted by atomic mass is 9.53. The van der Waals surface area contributed by atoms with Gasteiger partial charge in [0.15, 0.2) is 0 Å². The zero-order valence-corrected chi connectivity index (χ0v) is 21.0. The molecule has 2 bridgehead atoms. The molecule has 5 aliphatic rings. The first-order chi connectivity index (χ1) is 15.7. The molecule has 0 radical (unpaired) electrons. The fourth-order valence-corrected chi connectivity index (χ4v) is 8.68. The van der Waals surface area contributed by atoms with Crippen molar-refractivity contribution in [3.63, 3.8) is 0 Å². The number of benzene rings is 1. The van der Waals surface area contributed by atoms with Gasteiger partial charge in [-0.15, -0.1) is 0 Å². The largest absolute Gasteiger partial charge is 0.297 e. The molecule has 3 saturated carbocycles. The van der Waals surface area contributed by atoms with Gasteiger partial charge in [0.1, 0.15) is 11.4 Å². The lowest BCUT2D eigenvalue weighted by Crippen LogP contribution is -2.50. The molecule has 0 aliphatic heterocycles. The molecular weight excluding hydrogens is 435 g/mol. The highest BCUT2D eigenvalue weighted by Crippen LogP contribution is 2.61. The molecule has 0 saturated heterocycles. The number of hydrogen-bond acceptors (Lipinski definition) is 3. The minimum atomic E-state index is -3.93. The lowest BCUT2D eigenvalue weighted by Gasteiger charge is -2.54. The Morgan fingerprint density at radius 3 is 1.94 bits per heavy atom. The molecule has 1 aromatic rings. The van der Waals surface area contributed by atoms with Gasteiger partial charge in [0.2, 0.25) is 0 Å². The third-order valence-electron chi connectivity index (χ3n) is 9.72. The summed E-state index contributed by atoms with van der Waals surface area (Å²) in [6, 6.07) is 6.67. The van der Waals surface area contributed by atoms with Gasteiger partial charge >= 0.3 is 0 Å². The van der Waals surface area contributed by atoms with Crippen molar-refractivity contribution in [1.29, 1.82) is 0 Å². The van der Waals surface area contributed by atoms with Gasteiger partial charge in [0.25, 0.3) is 10.1 Å². The van der Waals surface area contributed by atoms with E-state index >= 15 is 4.39 Å². The summed E-state index contributed by atoms with van der Waals surface area (Å²) in [4.78, 5) is 0.147. The van der Waals surface area contributed by atoms with E-state index in [9.17, 15) is 8.42 Å². The average Bonchev–Trinajstić information content (AvgIpc) is 2.80. The molecule has 3 fully saturated rings. The molecule has 0 aromatic heterocycles. The van der Waals surface area contributed by atoms with E-state index in [0.29, 0.717) is 31.6 Å². The summed E-state index contributed by atoms with van der Waals surface area (Å²) >= 11 is 0. The van der Waals surface area contributed by atoms with E-state index in [4.69, 9.17) is 4.18 Å². The molecule has 0 unspecified atom stereocenters. The number of allylic oxidation sites excluding steroid dienone is 1. The summed E-state index contributed by atoms with van der Waals surface area (Å²) in [5.74, 6) is 2.88. The fourth-order valence-electron chi connectivity index (χ4n) is 7.46. The number of hydrogen-bond donors (Lipinski definition) is 0. The van der Waals surface area contributed by atoms with Gasteiger partial charge in [-0.05, 0) is 113 Å². The summed E-state index contributed by atoms with van der Waals surface area (Å²) in [6.45, 7) is 4.29. The molecule has 3 nitrogen and oxygen atoms in total. The maximum atomic E-state index is 15.7. The zero-order chi connectivity index (χ0) is 23.3. The molecule has 0 atom stereocenters. The highest BCUT2D eigenvalue weighted by atomic mass is 32.2. The monoisotopic (exact) mass is 474 g/mol. The van der Waals surface area contributed by atoms with Crippen LogP contribution in [0.1, 0.15) is 89.5 Å². The molecule has 0 amide bonds. The standard InChI is InChI=1S/C28H39FO3S/c1-20-3-7-22(8-4-20)23-9-11-24(12-10-23)28-17-15-27(16-18-28,19-26(28)29)32-33(30,31)25-13-5-21(2)6-14-25/h5-6,13-14,19-20,22-24H,3-4,7-12,15-18H2,1-2H3. The summed E-state index contributed by atoms with van der Waals surface area (Å²) in [5.41, 5.74) is -0.415. The van der Waals surface area contributed by atoms with Crippen molar-refractivity contribution in [1.82, 2.24) is 0 Å². The Bertz CT molecular complexity index is 972. The molecule has 1 aromatic carbocycles. The van der Waals surface area contributed by atoms with Gasteiger partial charge in [-0.25, -0.2) is 4.39 Å². The Hall–Kier alpha value is -1.20. The first kappa shape index (κ1) is 23.5. The Morgan fingerprint density at radius 1 is 0.848 bits per heavy atom. The third-order valence-corrected chi connectivity index (χ3v) is 11.1. The van der Waals surface area contributed by atoms with Gasteiger partial charge in [-0.3, -0.25) is 4.18 Å². The van der Waals surface area contributed by atoms with Crippen LogP contribution in [0.3, 0.4) is 0 Å². The maximum absolute atomic E-state index is 15.7. The van der Waals surface area contributed by atoms with Crippen LogP contribution in [0.2, 0.25) is 0 Å². The lowest BCUT2D eigenvalue weighted by molar-refractivity contribution is -0.0342. The van der Waals surface area contributed by atoms with Crippen LogP contribution in [0.4, 0.5) is 4.39 Å². The summed E-state index contributed by atoms with van der Waals surface area (Å²) in [7, 11) is -3.93. The van der Waals surface area contributed by atoms with Gasteiger partial charge in [-0.2, -0.15) is 8.42 Å². The number of rotatable bonds is 5. The molecule has 0 heterocycles. The Labute approximate surface area is 199 Å². The SMILES string of the molecule is Cc1ccc(S(=O)(=O)OC23C=C(F)C(C4CCC(C5CCC(C)CC5)CC4)(CC2)CC3)cc1. The predicted molar refractivity (Wildman–Crippen MR) is 129 cm³/mol. The molecule has 6 rings (SSSR count). The Balaban J connectivity index is 1.26. The second-order valence-corrected chi connectivity index (χ2v) is 13.2. The number of aryl methyl sites for hydroxylation is 1. The van der Waals surface area contributed by atoms with Crippen LogP contribution in [-0.2, 0) is 14.3 Å². The van der Waals surface area contributed by atoms with Crippen molar-refractivity contribution in [2.45, 2.75) is 101 Å². The van der Waals surface area contributed by atoms with Gasteiger partial charge in [-0.1, -0.05) is 37.5 Å². The highest BCUT2D eigenvalue weighted by Gasteiger charge is 2.56.